The summed E-state index contributed by atoms with van der Waals surface area (Å²) < 4.78 is 27.6. The van der Waals surface area contributed by atoms with Gasteiger partial charge in [-0.1, -0.05) is 12.1 Å². The van der Waals surface area contributed by atoms with Crippen molar-refractivity contribution in [2.75, 3.05) is 5.32 Å². The molecule has 0 atom stereocenters. The lowest BCUT2D eigenvalue weighted by Gasteiger charge is -2.11. The van der Waals surface area contributed by atoms with Crippen molar-refractivity contribution in [1.29, 1.82) is 0 Å². The molecule has 28 heavy (non-hydrogen) atoms. The van der Waals surface area contributed by atoms with Gasteiger partial charge in [0.2, 0.25) is 5.43 Å². The van der Waals surface area contributed by atoms with Crippen molar-refractivity contribution < 1.29 is 18.5 Å². The molecule has 0 spiro atoms. The van der Waals surface area contributed by atoms with E-state index in [9.17, 15) is 28.5 Å². The molecule has 0 aliphatic rings. The van der Waals surface area contributed by atoms with Gasteiger partial charge in [-0.05, 0) is 25.1 Å². The molecule has 1 heterocycles. The molecule has 0 saturated heterocycles. The zero-order chi connectivity index (χ0) is 20.4. The Labute approximate surface area is 156 Å². The first-order valence-corrected chi connectivity index (χ1v) is 7.88. The van der Waals surface area contributed by atoms with Crippen LogP contribution in [0, 0.1) is 28.7 Å². The van der Waals surface area contributed by atoms with Gasteiger partial charge in [0.15, 0.2) is 5.69 Å². The number of nitrogens with zero attached hydrogens (tertiary/aromatic N) is 3. The molecule has 0 bridgehead atoms. The number of carbonyl (C=O) groups excluding carboxylic acids is 1. The fourth-order valence-electron chi connectivity index (χ4n) is 2.56. The molecule has 0 unspecified atom stereocenters. The minimum atomic E-state index is -1.01. The summed E-state index contributed by atoms with van der Waals surface area (Å²) in [7, 11) is 0. The predicted octanol–water partition coefficient (Wildman–Crippen LogP) is 2.98. The number of anilines is 1. The van der Waals surface area contributed by atoms with Gasteiger partial charge in [0.05, 0.1) is 4.92 Å². The molecule has 2 aromatic carbocycles. The fraction of sp³-hybridized carbons (Fsp3) is 0.0556. The number of halogens is 2. The molecule has 0 saturated carbocycles. The van der Waals surface area contributed by atoms with Crippen molar-refractivity contribution in [3.05, 3.63) is 91.9 Å². The first-order chi connectivity index (χ1) is 13.3. The van der Waals surface area contributed by atoms with E-state index in [0.717, 1.165) is 22.9 Å². The van der Waals surface area contributed by atoms with E-state index in [-0.39, 0.29) is 22.8 Å². The number of carbonyl (C=O) groups is 1. The lowest BCUT2D eigenvalue weighted by Crippen LogP contribution is -2.27. The maximum atomic E-state index is 13.3. The third kappa shape index (κ3) is 3.75. The van der Waals surface area contributed by atoms with E-state index in [0.29, 0.717) is 6.07 Å². The summed E-state index contributed by atoms with van der Waals surface area (Å²) in [4.78, 5) is 35.2. The molecule has 0 aliphatic heterocycles. The van der Waals surface area contributed by atoms with E-state index in [1.54, 1.807) is 0 Å². The summed E-state index contributed by atoms with van der Waals surface area (Å²) in [5.41, 5.74) is -1.51. The average molecular weight is 386 g/mol. The number of nitro benzene ring substituents is 1. The number of nitro groups is 1. The van der Waals surface area contributed by atoms with Crippen molar-refractivity contribution in [1.82, 2.24) is 9.78 Å². The van der Waals surface area contributed by atoms with Gasteiger partial charge in [-0.15, -0.1) is 0 Å². The molecule has 1 aromatic heterocycles. The molecular weight excluding hydrogens is 374 g/mol. The van der Waals surface area contributed by atoms with E-state index >= 15 is 0 Å². The zero-order valence-electron chi connectivity index (χ0n) is 14.3. The predicted molar refractivity (Wildman–Crippen MR) is 95.5 cm³/mol. The van der Waals surface area contributed by atoms with Crippen molar-refractivity contribution in [3.63, 3.8) is 0 Å². The van der Waals surface area contributed by atoms with Crippen LogP contribution in [0.4, 0.5) is 20.2 Å². The Morgan fingerprint density at radius 3 is 2.43 bits per heavy atom. The second kappa shape index (κ2) is 7.35. The van der Waals surface area contributed by atoms with Crippen LogP contribution in [0.25, 0.3) is 5.69 Å². The van der Waals surface area contributed by atoms with Crippen LogP contribution in [0.2, 0.25) is 0 Å². The van der Waals surface area contributed by atoms with E-state index in [4.69, 9.17) is 0 Å². The summed E-state index contributed by atoms with van der Waals surface area (Å²) >= 11 is 0. The highest BCUT2D eigenvalue weighted by Gasteiger charge is 2.20. The van der Waals surface area contributed by atoms with Gasteiger partial charge in [-0.3, -0.25) is 19.7 Å². The molecule has 3 aromatic rings. The Bertz CT molecular complexity index is 1140. The summed E-state index contributed by atoms with van der Waals surface area (Å²) in [5.74, 6) is -2.84. The molecular formula is C18H12F2N4O4. The summed E-state index contributed by atoms with van der Waals surface area (Å²) in [5, 5.41) is 17.4. The van der Waals surface area contributed by atoms with E-state index in [2.05, 4.69) is 10.4 Å². The molecule has 0 radical (unpaired) electrons. The van der Waals surface area contributed by atoms with Crippen molar-refractivity contribution >= 4 is 17.3 Å². The Balaban J connectivity index is 2.06. The SMILES string of the molecule is Cc1cc(=O)c(C(=O)Nc2cc(F)cc(F)c2)nn1-c1ccccc1[N+](=O)[O-]. The van der Waals surface area contributed by atoms with E-state index in [1.165, 1.54) is 31.2 Å². The summed E-state index contributed by atoms with van der Waals surface area (Å²) in [6.07, 6.45) is 0. The smallest absolute Gasteiger partial charge is 0.294 e. The number of hydrogen-bond donors (Lipinski definition) is 1. The van der Waals surface area contributed by atoms with Crippen LogP contribution in [0.3, 0.4) is 0 Å². The molecule has 3 rings (SSSR count). The van der Waals surface area contributed by atoms with Gasteiger partial charge >= 0.3 is 0 Å². The highest BCUT2D eigenvalue weighted by atomic mass is 19.1. The minimum absolute atomic E-state index is 0.0517. The monoisotopic (exact) mass is 386 g/mol. The zero-order valence-corrected chi connectivity index (χ0v) is 14.3. The number of para-hydroxylation sites is 2. The topological polar surface area (TPSA) is 107 Å². The molecule has 10 heteroatoms. The second-order valence-corrected chi connectivity index (χ2v) is 5.77. The number of hydrogen-bond acceptors (Lipinski definition) is 5. The highest BCUT2D eigenvalue weighted by molar-refractivity contribution is 6.02. The van der Waals surface area contributed by atoms with Crippen LogP contribution in [0.1, 0.15) is 16.2 Å². The van der Waals surface area contributed by atoms with E-state index < -0.39 is 33.6 Å². The van der Waals surface area contributed by atoms with Gasteiger partial charge in [-0.2, -0.15) is 5.10 Å². The van der Waals surface area contributed by atoms with Gasteiger partial charge in [-0.25, -0.2) is 13.5 Å². The molecule has 0 aliphatic carbocycles. The summed E-state index contributed by atoms with van der Waals surface area (Å²) in [6.45, 7) is 1.49. The largest absolute Gasteiger partial charge is 0.320 e. The Morgan fingerprint density at radius 1 is 1.14 bits per heavy atom. The Hall–Kier alpha value is -3.95. The van der Waals surface area contributed by atoms with Crippen LogP contribution in [-0.2, 0) is 0 Å². The number of aryl methyl sites for hydroxylation is 1. The maximum Gasteiger partial charge on any atom is 0.294 e. The van der Waals surface area contributed by atoms with E-state index in [1.807, 2.05) is 0 Å². The summed E-state index contributed by atoms with van der Waals surface area (Å²) in [6, 6.07) is 9.12. The van der Waals surface area contributed by atoms with Crippen molar-refractivity contribution in [3.8, 4) is 5.69 Å². The van der Waals surface area contributed by atoms with Crippen LogP contribution >= 0.6 is 0 Å². The third-order valence-corrected chi connectivity index (χ3v) is 3.75. The fourth-order valence-corrected chi connectivity index (χ4v) is 2.56. The number of benzene rings is 2. The second-order valence-electron chi connectivity index (χ2n) is 5.77. The standard InChI is InChI=1S/C18H12F2N4O4/c1-10-6-16(25)17(18(26)21-13-8-11(19)7-12(20)9-13)22-23(10)14-4-2-3-5-15(14)24(27)28/h2-9H,1H3,(H,21,26). The number of aromatic nitrogens is 2. The average Bonchev–Trinajstić information content (AvgIpc) is 2.60. The van der Waals surface area contributed by atoms with Crippen LogP contribution in [0.15, 0.2) is 53.3 Å². The minimum Gasteiger partial charge on any atom is -0.320 e. The van der Waals surface area contributed by atoms with Crippen molar-refractivity contribution in [2.24, 2.45) is 0 Å². The third-order valence-electron chi connectivity index (χ3n) is 3.75. The number of amides is 1. The maximum absolute atomic E-state index is 13.3. The molecule has 8 nitrogen and oxygen atoms in total. The van der Waals surface area contributed by atoms with Crippen LogP contribution in [-0.4, -0.2) is 20.6 Å². The number of rotatable bonds is 4. The van der Waals surface area contributed by atoms with Gasteiger partial charge in [0.1, 0.15) is 17.3 Å². The normalized spacial score (nSPS) is 10.5. The van der Waals surface area contributed by atoms with Crippen LogP contribution < -0.4 is 10.7 Å². The molecule has 1 amide bonds. The Kier molecular flexibility index (Phi) is 4.94. The quantitative estimate of drug-likeness (QED) is 0.548. The lowest BCUT2D eigenvalue weighted by atomic mass is 10.2. The number of nitrogens with one attached hydrogen (secondary N) is 1. The van der Waals surface area contributed by atoms with Gasteiger partial charge in [0, 0.05) is 29.6 Å². The Morgan fingerprint density at radius 2 is 1.79 bits per heavy atom. The van der Waals surface area contributed by atoms with Gasteiger partial charge in [0.25, 0.3) is 11.6 Å². The lowest BCUT2D eigenvalue weighted by molar-refractivity contribution is -0.384. The molecule has 142 valence electrons. The first kappa shape index (κ1) is 18.8. The first-order valence-electron chi connectivity index (χ1n) is 7.88. The highest BCUT2D eigenvalue weighted by Crippen LogP contribution is 2.22. The van der Waals surface area contributed by atoms with Crippen LogP contribution in [0.5, 0.6) is 0 Å². The molecule has 0 fully saturated rings. The van der Waals surface area contributed by atoms with Crippen molar-refractivity contribution in [2.45, 2.75) is 6.92 Å². The van der Waals surface area contributed by atoms with Gasteiger partial charge < -0.3 is 5.32 Å². The molecule has 1 N–H and O–H groups in total.